The van der Waals surface area contributed by atoms with Crippen LogP contribution in [0.1, 0.15) is 5.56 Å². The molecule has 0 fully saturated rings. The Morgan fingerprint density at radius 1 is 1.10 bits per heavy atom. The Bertz CT molecular complexity index is 1340. The zero-order valence-electron chi connectivity index (χ0n) is 16.0. The summed E-state index contributed by atoms with van der Waals surface area (Å²) in [5.74, 6) is 0.0601. The third kappa shape index (κ3) is 4.27. The van der Waals surface area contributed by atoms with Crippen LogP contribution in [-0.2, 0) is 4.79 Å². The van der Waals surface area contributed by atoms with Gasteiger partial charge in [-0.1, -0.05) is 12.1 Å². The first-order chi connectivity index (χ1) is 14.5. The SMILES string of the molecule is Cc1cc(=O)oc2cc(OCC(=O)Nc3cccc(-c4ccc(=O)[nH]n4)c3)ccc12. The average Bonchev–Trinajstić information content (AvgIpc) is 2.72. The number of hydrogen-bond acceptors (Lipinski definition) is 6. The molecular formula is C22H17N3O5. The van der Waals surface area contributed by atoms with Crippen LogP contribution in [0.25, 0.3) is 22.2 Å². The van der Waals surface area contributed by atoms with Crippen LogP contribution in [0.4, 0.5) is 5.69 Å². The number of carbonyl (C=O) groups is 1. The van der Waals surface area contributed by atoms with E-state index in [4.69, 9.17) is 9.15 Å². The highest BCUT2D eigenvalue weighted by Crippen LogP contribution is 2.23. The van der Waals surface area contributed by atoms with Crippen molar-refractivity contribution in [1.82, 2.24) is 10.2 Å². The van der Waals surface area contributed by atoms with Crippen molar-refractivity contribution in [3.05, 3.63) is 87.0 Å². The van der Waals surface area contributed by atoms with Crippen LogP contribution in [0.5, 0.6) is 5.75 Å². The lowest BCUT2D eigenvalue weighted by atomic mass is 10.1. The van der Waals surface area contributed by atoms with Crippen molar-refractivity contribution >= 4 is 22.6 Å². The van der Waals surface area contributed by atoms with Crippen molar-refractivity contribution in [2.75, 3.05) is 11.9 Å². The first-order valence-corrected chi connectivity index (χ1v) is 9.11. The number of aromatic nitrogens is 2. The van der Waals surface area contributed by atoms with E-state index in [0.29, 0.717) is 22.7 Å². The molecule has 0 aliphatic heterocycles. The summed E-state index contributed by atoms with van der Waals surface area (Å²) in [6.07, 6.45) is 0. The quantitative estimate of drug-likeness (QED) is 0.495. The van der Waals surface area contributed by atoms with E-state index in [1.807, 2.05) is 13.0 Å². The lowest BCUT2D eigenvalue weighted by Gasteiger charge is -2.09. The summed E-state index contributed by atoms with van der Waals surface area (Å²) in [4.78, 5) is 35.0. The molecule has 0 unspecified atom stereocenters. The Balaban J connectivity index is 1.43. The van der Waals surface area contributed by atoms with Gasteiger partial charge in [-0.15, -0.1) is 0 Å². The van der Waals surface area contributed by atoms with E-state index >= 15 is 0 Å². The first-order valence-electron chi connectivity index (χ1n) is 9.11. The molecule has 2 aromatic carbocycles. The molecular weight excluding hydrogens is 386 g/mol. The van der Waals surface area contributed by atoms with Crippen LogP contribution in [0.2, 0.25) is 0 Å². The monoisotopic (exact) mass is 403 g/mol. The van der Waals surface area contributed by atoms with Gasteiger partial charge in [-0.3, -0.25) is 9.59 Å². The van der Waals surface area contributed by atoms with Gasteiger partial charge in [0.15, 0.2) is 6.61 Å². The second kappa shape index (κ2) is 8.04. The van der Waals surface area contributed by atoms with Crippen molar-refractivity contribution in [2.24, 2.45) is 0 Å². The number of H-pyrrole nitrogens is 1. The van der Waals surface area contributed by atoms with Crippen molar-refractivity contribution in [3.8, 4) is 17.0 Å². The molecule has 0 saturated heterocycles. The fourth-order valence-electron chi connectivity index (χ4n) is 3.00. The zero-order chi connectivity index (χ0) is 21.1. The predicted molar refractivity (Wildman–Crippen MR) is 112 cm³/mol. The van der Waals surface area contributed by atoms with Crippen molar-refractivity contribution < 1.29 is 13.9 Å². The summed E-state index contributed by atoms with van der Waals surface area (Å²) in [6.45, 7) is 1.60. The largest absolute Gasteiger partial charge is 0.484 e. The lowest BCUT2D eigenvalue weighted by molar-refractivity contribution is -0.118. The highest BCUT2D eigenvalue weighted by Gasteiger charge is 2.08. The molecule has 2 aromatic heterocycles. The maximum absolute atomic E-state index is 12.3. The van der Waals surface area contributed by atoms with Crippen LogP contribution in [0.3, 0.4) is 0 Å². The van der Waals surface area contributed by atoms with Crippen LogP contribution in [0, 0.1) is 6.92 Å². The molecule has 2 heterocycles. The Kier molecular flexibility index (Phi) is 5.13. The van der Waals surface area contributed by atoms with Gasteiger partial charge in [0.25, 0.3) is 11.5 Å². The smallest absolute Gasteiger partial charge is 0.336 e. The van der Waals surface area contributed by atoms with E-state index in [0.717, 1.165) is 16.5 Å². The molecule has 8 nitrogen and oxygen atoms in total. The molecule has 0 spiro atoms. The Hall–Kier alpha value is -4.20. The van der Waals surface area contributed by atoms with E-state index in [2.05, 4.69) is 15.5 Å². The molecule has 0 bridgehead atoms. The van der Waals surface area contributed by atoms with E-state index < -0.39 is 5.63 Å². The van der Waals surface area contributed by atoms with Crippen LogP contribution >= 0.6 is 0 Å². The van der Waals surface area contributed by atoms with Gasteiger partial charge in [0, 0.05) is 34.8 Å². The highest BCUT2D eigenvalue weighted by atomic mass is 16.5. The molecule has 150 valence electrons. The number of benzene rings is 2. The normalized spacial score (nSPS) is 10.7. The highest BCUT2D eigenvalue weighted by molar-refractivity contribution is 5.92. The number of aryl methyl sites for hydroxylation is 1. The van der Waals surface area contributed by atoms with Crippen LogP contribution < -0.4 is 21.2 Å². The van der Waals surface area contributed by atoms with E-state index in [1.54, 1.807) is 42.5 Å². The maximum atomic E-state index is 12.3. The van der Waals surface area contributed by atoms with Gasteiger partial charge in [0.2, 0.25) is 0 Å². The molecule has 30 heavy (non-hydrogen) atoms. The van der Waals surface area contributed by atoms with Gasteiger partial charge in [-0.2, -0.15) is 5.10 Å². The van der Waals surface area contributed by atoms with Gasteiger partial charge in [-0.05, 0) is 42.8 Å². The molecule has 1 amide bonds. The molecule has 0 radical (unpaired) electrons. The summed E-state index contributed by atoms with van der Waals surface area (Å²) in [5, 5.41) is 9.91. The van der Waals surface area contributed by atoms with Gasteiger partial charge in [0.1, 0.15) is 11.3 Å². The molecule has 4 rings (SSSR count). The Morgan fingerprint density at radius 2 is 1.97 bits per heavy atom. The Morgan fingerprint density at radius 3 is 2.77 bits per heavy atom. The first kappa shape index (κ1) is 19.1. The lowest BCUT2D eigenvalue weighted by Crippen LogP contribution is -2.20. The number of fused-ring (bicyclic) bond motifs is 1. The molecule has 2 N–H and O–H groups in total. The van der Waals surface area contributed by atoms with Crippen molar-refractivity contribution in [1.29, 1.82) is 0 Å². The number of hydrogen-bond donors (Lipinski definition) is 2. The number of rotatable bonds is 5. The van der Waals surface area contributed by atoms with Crippen LogP contribution in [-0.4, -0.2) is 22.7 Å². The fourth-order valence-corrected chi connectivity index (χ4v) is 3.00. The van der Waals surface area contributed by atoms with Crippen molar-refractivity contribution in [3.63, 3.8) is 0 Å². The third-order valence-corrected chi connectivity index (χ3v) is 4.41. The molecule has 8 heteroatoms. The minimum atomic E-state index is -0.438. The maximum Gasteiger partial charge on any atom is 0.336 e. The van der Waals surface area contributed by atoms with Crippen molar-refractivity contribution in [2.45, 2.75) is 6.92 Å². The molecule has 4 aromatic rings. The predicted octanol–water partition coefficient (Wildman–Crippen LogP) is 2.87. The van der Waals surface area contributed by atoms with E-state index in [-0.39, 0.29) is 18.1 Å². The van der Waals surface area contributed by atoms with Gasteiger partial charge >= 0.3 is 5.63 Å². The zero-order valence-corrected chi connectivity index (χ0v) is 16.0. The number of nitrogens with one attached hydrogen (secondary N) is 2. The number of nitrogens with zero attached hydrogens (tertiary/aromatic N) is 1. The summed E-state index contributed by atoms with van der Waals surface area (Å²) in [7, 11) is 0. The second-order valence-corrected chi connectivity index (χ2v) is 6.63. The van der Waals surface area contributed by atoms with E-state index in [9.17, 15) is 14.4 Å². The minimum Gasteiger partial charge on any atom is -0.484 e. The number of carbonyl (C=O) groups excluding carboxylic acids is 1. The molecule has 0 aliphatic carbocycles. The Labute approximate surface area is 170 Å². The fraction of sp³-hybridized carbons (Fsp3) is 0.0909. The molecule has 0 saturated carbocycles. The minimum absolute atomic E-state index is 0.220. The van der Waals surface area contributed by atoms with Gasteiger partial charge in [0.05, 0.1) is 5.69 Å². The van der Waals surface area contributed by atoms with Gasteiger partial charge < -0.3 is 14.5 Å². The number of amides is 1. The topological polar surface area (TPSA) is 114 Å². The standard InChI is InChI=1S/C22H17N3O5/c1-13-9-22(28)30-19-11-16(5-6-17(13)19)29-12-21(27)23-15-4-2-3-14(10-15)18-7-8-20(26)25-24-18/h2-11H,12H2,1H3,(H,23,27)(H,25,26). The third-order valence-electron chi connectivity index (χ3n) is 4.41. The molecule has 0 atom stereocenters. The summed E-state index contributed by atoms with van der Waals surface area (Å²) < 4.78 is 10.7. The number of anilines is 1. The second-order valence-electron chi connectivity index (χ2n) is 6.63. The summed E-state index contributed by atoms with van der Waals surface area (Å²) >= 11 is 0. The number of aromatic amines is 1. The van der Waals surface area contributed by atoms with Crippen LogP contribution in [0.15, 0.2) is 74.7 Å². The van der Waals surface area contributed by atoms with E-state index in [1.165, 1.54) is 12.1 Å². The van der Waals surface area contributed by atoms with Gasteiger partial charge in [-0.25, -0.2) is 9.89 Å². The average molecular weight is 403 g/mol. The molecule has 0 aliphatic rings. The number of ether oxygens (including phenoxy) is 1. The summed E-state index contributed by atoms with van der Waals surface area (Å²) in [5.41, 5.74) is 2.37. The summed E-state index contributed by atoms with van der Waals surface area (Å²) in [6, 6.07) is 16.5.